The van der Waals surface area contributed by atoms with Gasteiger partial charge in [-0.05, 0) is 26.3 Å². The maximum absolute atomic E-state index is 5.03. The highest BCUT2D eigenvalue weighted by Gasteiger charge is 2.21. The van der Waals surface area contributed by atoms with E-state index in [1.54, 1.807) is 7.11 Å². The van der Waals surface area contributed by atoms with E-state index in [9.17, 15) is 0 Å². The van der Waals surface area contributed by atoms with Crippen LogP contribution >= 0.6 is 0 Å². The molecule has 0 aliphatic carbocycles. The second-order valence-corrected chi connectivity index (χ2v) is 4.77. The molecule has 0 radical (unpaired) electrons. The molecule has 16 heavy (non-hydrogen) atoms. The highest BCUT2D eigenvalue weighted by Crippen LogP contribution is 2.17. The van der Waals surface area contributed by atoms with Crippen LogP contribution in [-0.4, -0.2) is 50.8 Å². The SMILES string of the molecule is C=C(C)CN1CCCCC1CNCCOC. The number of ether oxygens (including phenoxy) is 1. The van der Waals surface area contributed by atoms with Crippen LogP contribution < -0.4 is 5.32 Å². The summed E-state index contributed by atoms with van der Waals surface area (Å²) in [7, 11) is 1.75. The van der Waals surface area contributed by atoms with Crippen molar-refractivity contribution in [2.24, 2.45) is 0 Å². The number of hydrogen-bond acceptors (Lipinski definition) is 3. The molecule has 0 spiro atoms. The maximum atomic E-state index is 5.03. The van der Waals surface area contributed by atoms with E-state index in [-0.39, 0.29) is 0 Å². The van der Waals surface area contributed by atoms with Gasteiger partial charge in [0.1, 0.15) is 0 Å². The summed E-state index contributed by atoms with van der Waals surface area (Å²) < 4.78 is 5.03. The molecular formula is C13H26N2O. The Morgan fingerprint density at radius 1 is 1.50 bits per heavy atom. The quantitative estimate of drug-likeness (QED) is 0.528. The van der Waals surface area contributed by atoms with Crippen LogP contribution in [0, 0.1) is 0 Å². The number of piperidine rings is 1. The molecule has 1 saturated heterocycles. The van der Waals surface area contributed by atoms with Crippen molar-refractivity contribution in [2.75, 3.05) is 39.9 Å². The molecule has 1 atom stereocenters. The number of rotatable bonds is 7. The van der Waals surface area contributed by atoms with Crippen molar-refractivity contribution in [3.63, 3.8) is 0 Å². The minimum Gasteiger partial charge on any atom is -0.383 e. The molecule has 1 unspecified atom stereocenters. The van der Waals surface area contributed by atoms with Crippen molar-refractivity contribution in [3.05, 3.63) is 12.2 Å². The second kappa shape index (κ2) is 7.82. The molecule has 0 saturated carbocycles. The van der Waals surface area contributed by atoms with E-state index in [0.29, 0.717) is 6.04 Å². The van der Waals surface area contributed by atoms with Gasteiger partial charge in [-0.1, -0.05) is 18.6 Å². The van der Waals surface area contributed by atoms with Gasteiger partial charge in [-0.3, -0.25) is 4.90 Å². The molecule has 1 rings (SSSR count). The highest BCUT2D eigenvalue weighted by molar-refractivity contribution is 4.94. The average Bonchev–Trinajstić information content (AvgIpc) is 2.26. The molecule has 0 aromatic carbocycles. The van der Waals surface area contributed by atoms with Crippen LogP contribution in [0.3, 0.4) is 0 Å². The summed E-state index contributed by atoms with van der Waals surface area (Å²) in [6.45, 7) is 11.2. The molecule has 3 nitrogen and oxygen atoms in total. The first-order valence-electron chi connectivity index (χ1n) is 6.32. The minimum atomic E-state index is 0.683. The van der Waals surface area contributed by atoms with Crippen LogP contribution in [0.25, 0.3) is 0 Å². The fourth-order valence-corrected chi connectivity index (χ4v) is 2.29. The lowest BCUT2D eigenvalue weighted by Gasteiger charge is -2.36. The zero-order chi connectivity index (χ0) is 11.8. The van der Waals surface area contributed by atoms with Crippen molar-refractivity contribution in [3.8, 4) is 0 Å². The summed E-state index contributed by atoms with van der Waals surface area (Å²) in [5, 5.41) is 3.46. The molecule has 0 aromatic rings. The summed E-state index contributed by atoms with van der Waals surface area (Å²) in [5.74, 6) is 0. The number of nitrogens with one attached hydrogen (secondary N) is 1. The lowest BCUT2D eigenvalue weighted by atomic mass is 10.0. The van der Waals surface area contributed by atoms with Gasteiger partial charge in [-0.15, -0.1) is 0 Å². The van der Waals surface area contributed by atoms with Crippen LogP contribution in [0.1, 0.15) is 26.2 Å². The zero-order valence-electron chi connectivity index (χ0n) is 10.8. The van der Waals surface area contributed by atoms with Crippen LogP contribution in [0.2, 0.25) is 0 Å². The fourth-order valence-electron chi connectivity index (χ4n) is 2.29. The van der Waals surface area contributed by atoms with E-state index in [1.165, 1.54) is 31.4 Å². The Balaban J connectivity index is 2.26. The van der Waals surface area contributed by atoms with Crippen molar-refractivity contribution in [1.82, 2.24) is 10.2 Å². The van der Waals surface area contributed by atoms with Crippen molar-refractivity contribution in [2.45, 2.75) is 32.2 Å². The molecular weight excluding hydrogens is 200 g/mol. The highest BCUT2D eigenvalue weighted by atomic mass is 16.5. The Kier molecular flexibility index (Phi) is 6.69. The van der Waals surface area contributed by atoms with E-state index < -0.39 is 0 Å². The zero-order valence-corrected chi connectivity index (χ0v) is 10.8. The Morgan fingerprint density at radius 3 is 3.00 bits per heavy atom. The number of likely N-dealkylation sites (tertiary alicyclic amines) is 1. The molecule has 94 valence electrons. The number of methoxy groups -OCH3 is 1. The molecule has 1 aliphatic heterocycles. The molecule has 1 fully saturated rings. The van der Waals surface area contributed by atoms with Gasteiger partial charge in [-0.2, -0.15) is 0 Å². The predicted octanol–water partition coefficient (Wildman–Crippen LogP) is 1.65. The normalized spacial score (nSPS) is 22.2. The number of hydrogen-bond donors (Lipinski definition) is 1. The van der Waals surface area contributed by atoms with Crippen LogP contribution in [0.5, 0.6) is 0 Å². The van der Waals surface area contributed by atoms with E-state index in [4.69, 9.17) is 4.74 Å². The van der Waals surface area contributed by atoms with E-state index in [1.807, 2.05) is 0 Å². The van der Waals surface area contributed by atoms with E-state index in [0.717, 1.165) is 26.2 Å². The first-order valence-corrected chi connectivity index (χ1v) is 6.32. The first kappa shape index (κ1) is 13.7. The first-order chi connectivity index (χ1) is 7.74. The molecule has 1 aliphatic rings. The third-order valence-corrected chi connectivity index (χ3v) is 3.09. The van der Waals surface area contributed by atoms with Gasteiger partial charge >= 0.3 is 0 Å². The van der Waals surface area contributed by atoms with Gasteiger partial charge in [0, 0.05) is 32.8 Å². The Morgan fingerprint density at radius 2 is 2.31 bits per heavy atom. The van der Waals surface area contributed by atoms with Crippen LogP contribution in [0.4, 0.5) is 0 Å². The summed E-state index contributed by atoms with van der Waals surface area (Å²) in [6, 6.07) is 0.683. The monoisotopic (exact) mass is 226 g/mol. The summed E-state index contributed by atoms with van der Waals surface area (Å²) in [6.07, 6.45) is 4.01. The van der Waals surface area contributed by atoms with E-state index in [2.05, 4.69) is 23.7 Å². The van der Waals surface area contributed by atoms with Gasteiger partial charge in [0.15, 0.2) is 0 Å². The smallest absolute Gasteiger partial charge is 0.0587 e. The predicted molar refractivity (Wildman–Crippen MR) is 68.8 cm³/mol. The van der Waals surface area contributed by atoms with Gasteiger partial charge in [-0.25, -0.2) is 0 Å². The van der Waals surface area contributed by atoms with Gasteiger partial charge in [0.2, 0.25) is 0 Å². The largest absolute Gasteiger partial charge is 0.383 e. The standard InChI is InChI=1S/C13H26N2O/c1-12(2)11-15-8-5-4-6-13(15)10-14-7-9-16-3/h13-14H,1,4-11H2,2-3H3. The van der Waals surface area contributed by atoms with Gasteiger partial charge in [0.25, 0.3) is 0 Å². The Hall–Kier alpha value is -0.380. The second-order valence-electron chi connectivity index (χ2n) is 4.77. The third-order valence-electron chi connectivity index (χ3n) is 3.09. The molecule has 0 bridgehead atoms. The molecule has 0 amide bonds. The lowest BCUT2D eigenvalue weighted by Crippen LogP contribution is -2.46. The lowest BCUT2D eigenvalue weighted by molar-refractivity contribution is 0.151. The van der Waals surface area contributed by atoms with Gasteiger partial charge in [0.05, 0.1) is 6.61 Å². The third kappa shape index (κ3) is 5.10. The fraction of sp³-hybridized carbons (Fsp3) is 0.846. The van der Waals surface area contributed by atoms with Gasteiger partial charge < -0.3 is 10.1 Å². The Bertz CT molecular complexity index is 206. The van der Waals surface area contributed by atoms with Crippen LogP contribution in [-0.2, 0) is 4.74 Å². The van der Waals surface area contributed by atoms with Crippen LogP contribution in [0.15, 0.2) is 12.2 Å². The maximum Gasteiger partial charge on any atom is 0.0587 e. The molecule has 3 heteroatoms. The average molecular weight is 226 g/mol. The van der Waals surface area contributed by atoms with Crippen molar-refractivity contribution < 1.29 is 4.74 Å². The summed E-state index contributed by atoms with van der Waals surface area (Å²) >= 11 is 0. The van der Waals surface area contributed by atoms with E-state index >= 15 is 0 Å². The molecule has 1 N–H and O–H groups in total. The molecule has 1 heterocycles. The number of nitrogens with zero attached hydrogens (tertiary/aromatic N) is 1. The topological polar surface area (TPSA) is 24.5 Å². The summed E-state index contributed by atoms with van der Waals surface area (Å²) in [4.78, 5) is 2.56. The Labute approximate surface area is 99.8 Å². The molecule has 0 aromatic heterocycles. The van der Waals surface area contributed by atoms with Crippen molar-refractivity contribution in [1.29, 1.82) is 0 Å². The van der Waals surface area contributed by atoms with Crippen molar-refractivity contribution >= 4 is 0 Å². The minimum absolute atomic E-state index is 0.683. The summed E-state index contributed by atoms with van der Waals surface area (Å²) in [5.41, 5.74) is 1.27.